The molecule has 1 aliphatic heterocycles. The average molecular weight is 252 g/mol. The van der Waals surface area contributed by atoms with Gasteiger partial charge < -0.3 is 9.47 Å². The molecule has 0 aliphatic carbocycles. The van der Waals surface area contributed by atoms with Crippen molar-refractivity contribution in [2.75, 3.05) is 12.4 Å². The highest BCUT2D eigenvalue weighted by Crippen LogP contribution is 2.20. The second-order valence-corrected chi connectivity index (χ2v) is 4.83. The van der Waals surface area contributed by atoms with Crippen LogP contribution in [0.1, 0.15) is 31.2 Å². The molecule has 0 N–H and O–H groups in total. The molecular weight excluding hydrogens is 232 g/mol. The molecule has 1 atom stereocenters. The van der Waals surface area contributed by atoms with Gasteiger partial charge in [-0.05, 0) is 49.1 Å². The molecule has 1 saturated heterocycles. The number of thiol groups is 1. The van der Waals surface area contributed by atoms with Crippen LogP contribution in [0.2, 0.25) is 0 Å². The highest BCUT2D eigenvalue weighted by Gasteiger charge is 2.14. The Morgan fingerprint density at radius 3 is 2.71 bits per heavy atom. The van der Waals surface area contributed by atoms with E-state index in [1.165, 1.54) is 12.0 Å². The van der Waals surface area contributed by atoms with Crippen LogP contribution in [-0.2, 0) is 11.2 Å². The Morgan fingerprint density at radius 1 is 1.24 bits per heavy atom. The van der Waals surface area contributed by atoms with Crippen LogP contribution in [0.5, 0.6) is 5.75 Å². The van der Waals surface area contributed by atoms with E-state index in [9.17, 15) is 0 Å². The lowest BCUT2D eigenvalue weighted by Crippen LogP contribution is -2.24. The summed E-state index contributed by atoms with van der Waals surface area (Å²) in [6, 6.07) is 8.32. The van der Waals surface area contributed by atoms with E-state index in [2.05, 4.69) is 24.8 Å². The number of ether oxygens (including phenoxy) is 2. The van der Waals surface area contributed by atoms with Crippen LogP contribution in [-0.4, -0.2) is 18.6 Å². The van der Waals surface area contributed by atoms with Crippen LogP contribution in [0.4, 0.5) is 0 Å². The molecule has 1 aromatic rings. The number of hydrogen-bond donors (Lipinski definition) is 1. The summed E-state index contributed by atoms with van der Waals surface area (Å²) in [5, 5.41) is 0. The van der Waals surface area contributed by atoms with Crippen molar-refractivity contribution in [3.63, 3.8) is 0 Å². The molecule has 1 fully saturated rings. The molecule has 1 aliphatic rings. The monoisotopic (exact) mass is 252 g/mol. The fourth-order valence-electron chi connectivity index (χ4n) is 1.97. The van der Waals surface area contributed by atoms with Crippen molar-refractivity contribution >= 4 is 12.6 Å². The summed E-state index contributed by atoms with van der Waals surface area (Å²) in [6.45, 7) is 0.824. The van der Waals surface area contributed by atoms with Crippen molar-refractivity contribution in [1.82, 2.24) is 0 Å². The summed E-state index contributed by atoms with van der Waals surface area (Å²) in [5.74, 6) is 1.85. The molecule has 94 valence electrons. The number of hydrogen-bond acceptors (Lipinski definition) is 3. The first-order chi connectivity index (χ1) is 8.38. The van der Waals surface area contributed by atoms with Crippen molar-refractivity contribution in [2.45, 2.75) is 38.4 Å². The summed E-state index contributed by atoms with van der Waals surface area (Å²) < 4.78 is 11.3. The Hall–Kier alpha value is -0.670. The summed E-state index contributed by atoms with van der Waals surface area (Å²) in [7, 11) is 0. The SMILES string of the molecule is SCCCc1ccc(OC2CCCCO2)cc1. The van der Waals surface area contributed by atoms with Gasteiger partial charge in [-0.2, -0.15) is 12.6 Å². The fourth-order valence-corrected chi connectivity index (χ4v) is 2.13. The van der Waals surface area contributed by atoms with Gasteiger partial charge in [-0.15, -0.1) is 0 Å². The lowest BCUT2D eigenvalue weighted by molar-refractivity contribution is -0.105. The summed E-state index contributed by atoms with van der Waals surface area (Å²) >= 11 is 4.22. The zero-order chi connectivity index (χ0) is 11.9. The first kappa shape index (κ1) is 12.8. The second kappa shape index (κ2) is 6.92. The molecule has 0 spiro atoms. The van der Waals surface area contributed by atoms with Gasteiger partial charge in [0.2, 0.25) is 0 Å². The largest absolute Gasteiger partial charge is 0.465 e. The Kier molecular flexibility index (Phi) is 5.20. The minimum atomic E-state index is -0.0490. The van der Waals surface area contributed by atoms with Crippen LogP contribution >= 0.6 is 12.6 Å². The molecule has 1 aromatic carbocycles. The topological polar surface area (TPSA) is 18.5 Å². The molecule has 17 heavy (non-hydrogen) atoms. The van der Waals surface area contributed by atoms with E-state index in [0.29, 0.717) is 0 Å². The minimum absolute atomic E-state index is 0.0490. The van der Waals surface area contributed by atoms with Gasteiger partial charge in [-0.1, -0.05) is 12.1 Å². The molecule has 0 saturated carbocycles. The zero-order valence-corrected chi connectivity index (χ0v) is 11.0. The van der Waals surface area contributed by atoms with E-state index in [4.69, 9.17) is 9.47 Å². The number of aryl methyl sites for hydroxylation is 1. The standard InChI is InChI=1S/C14H20O2S/c17-11-3-4-12-6-8-13(9-7-12)16-14-5-1-2-10-15-14/h6-9,14,17H,1-5,10-11H2. The van der Waals surface area contributed by atoms with E-state index in [1.54, 1.807) is 0 Å². The van der Waals surface area contributed by atoms with Gasteiger partial charge >= 0.3 is 0 Å². The molecular formula is C14H20O2S. The van der Waals surface area contributed by atoms with Crippen molar-refractivity contribution in [3.05, 3.63) is 29.8 Å². The number of benzene rings is 1. The van der Waals surface area contributed by atoms with Gasteiger partial charge in [0.15, 0.2) is 6.29 Å². The Balaban J connectivity index is 1.84. The summed E-state index contributed by atoms with van der Waals surface area (Å²) in [5.41, 5.74) is 1.34. The lowest BCUT2D eigenvalue weighted by atomic mass is 10.1. The van der Waals surface area contributed by atoms with E-state index in [1.807, 2.05) is 12.1 Å². The maximum absolute atomic E-state index is 5.78. The normalized spacial score (nSPS) is 20.2. The quantitative estimate of drug-likeness (QED) is 0.809. The molecule has 2 nitrogen and oxygen atoms in total. The van der Waals surface area contributed by atoms with Gasteiger partial charge in [0.1, 0.15) is 5.75 Å². The number of rotatable bonds is 5. The zero-order valence-electron chi connectivity index (χ0n) is 10.1. The predicted molar refractivity (Wildman–Crippen MR) is 72.8 cm³/mol. The molecule has 1 unspecified atom stereocenters. The molecule has 0 bridgehead atoms. The molecule has 1 heterocycles. The van der Waals surface area contributed by atoms with Gasteiger partial charge in [-0.3, -0.25) is 0 Å². The van der Waals surface area contributed by atoms with Crippen LogP contribution in [0.3, 0.4) is 0 Å². The van der Waals surface area contributed by atoms with E-state index in [0.717, 1.165) is 43.8 Å². The van der Waals surface area contributed by atoms with Crippen molar-refractivity contribution in [1.29, 1.82) is 0 Å². The first-order valence-electron chi connectivity index (χ1n) is 6.36. The van der Waals surface area contributed by atoms with E-state index >= 15 is 0 Å². The molecule has 0 amide bonds. The Morgan fingerprint density at radius 2 is 2.06 bits per heavy atom. The molecule has 0 radical (unpaired) electrons. The van der Waals surface area contributed by atoms with E-state index in [-0.39, 0.29) is 6.29 Å². The maximum Gasteiger partial charge on any atom is 0.199 e. The molecule has 2 rings (SSSR count). The maximum atomic E-state index is 5.78. The van der Waals surface area contributed by atoms with Crippen molar-refractivity contribution in [2.24, 2.45) is 0 Å². The van der Waals surface area contributed by atoms with Crippen molar-refractivity contribution < 1.29 is 9.47 Å². The Labute approximate surface area is 109 Å². The van der Waals surface area contributed by atoms with Gasteiger partial charge in [0, 0.05) is 6.42 Å². The van der Waals surface area contributed by atoms with E-state index < -0.39 is 0 Å². The smallest absolute Gasteiger partial charge is 0.199 e. The third-order valence-electron chi connectivity index (χ3n) is 2.95. The third-order valence-corrected chi connectivity index (χ3v) is 3.27. The highest BCUT2D eigenvalue weighted by molar-refractivity contribution is 7.80. The van der Waals surface area contributed by atoms with Crippen LogP contribution in [0.25, 0.3) is 0 Å². The first-order valence-corrected chi connectivity index (χ1v) is 7.00. The van der Waals surface area contributed by atoms with Gasteiger partial charge in [0.05, 0.1) is 6.61 Å². The second-order valence-electron chi connectivity index (χ2n) is 4.39. The average Bonchev–Trinajstić information content (AvgIpc) is 2.39. The molecule has 0 aromatic heterocycles. The van der Waals surface area contributed by atoms with Crippen molar-refractivity contribution in [3.8, 4) is 5.75 Å². The van der Waals surface area contributed by atoms with Gasteiger partial charge in [0.25, 0.3) is 0 Å². The summed E-state index contributed by atoms with van der Waals surface area (Å²) in [6.07, 6.45) is 5.51. The Bertz CT molecular complexity index is 317. The van der Waals surface area contributed by atoms with Crippen LogP contribution < -0.4 is 4.74 Å². The summed E-state index contributed by atoms with van der Waals surface area (Å²) in [4.78, 5) is 0. The van der Waals surface area contributed by atoms with Crippen LogP contribution in [0.15, 0.2) is 24.3 Å². The fraction of sp³-hybridized carbons (Fsp3) is 0.571. The van der Waals surface area contributed by atoms with Crippen LogP contribution in [0, 0.1) is 0 Å². The lowest BCUT2D eigenvalue weighted by Gasteiger charge is -2.23. The minimum Gasteiger partial charge on any atom is -0.465 e. The van der Waals surface area contributed by atoms with Gasteiger partial charge in [-0.25, -0.2) is 0 Å². The molecule has 3 heteroatoms. The predicted octanol–water partition coefficient (Wildman–Crippen LogP) is 3.45. The third kappa shape index (κ3) is 4.25. The highest BCUT2D eigenvalue weighted by atomic mass is 32.1.